The summed E-state index contributed by atoms with van der Waals surface area (Å²) in [6.07, 6.45) is 2.25. The van der Waals surface area contributed by atoms with Gasteiger partial charge in [0.15, 0.2) is 17.0 Å². The van der Waals surface area contributed by atoms with Crippen molar-refractivity contribution in [2.45, 2.75) is 46.6 Å². The first kappa shape index (κ1) is 31.5. The molecule has 8 heteroatoms. The van der Waals surface area contributed by atoms with Crippen molar-refractivity contribution in [2.24, 2.45) is 0 Å². The lowest BCUT2D eigenvalue weighted by atomic mass is 10.1. The molecule has 0 N–H and O–H groups in total. The molecule has 3 heterocycles. The van der Waals surface area contributed by atoms with Gasteiger partial charge < -0.3 is 9.80 Å². The van der Waals surface area contributed by atoms with Crippen molar-refractivity contribution in [2.75, 3.05) is 49.6 Å². The SMILES string of the molecule is Cc1nc(N(C)CCCCN2CCN(c3cccc(C)c3C)C[C@H]2C)c2nc(-c3ccccc3)n(-c3ccccc3)c2n1.Cl. The van der Waals surface area contributed by atoms with Crippen LogP contribution in [0.15, 0.2) is 78.9 Å². The summed E-state index contributed by atoms with van der Waals surface area (Å²) in [7, 11) is 2.14. The average molecular weight is 610 g/mol. The minimum absolute atomic E-state index is 0. The molecule has 1 aliphatic heterocycles. The molecule has 0 saturated carbocycles. The van der Waals surface area contributed by atoms with E-state index in [-0.39, 0.29) is 12.4 Å². The summed E-state index contributed by atoms with van der Waals surface area (Å²) in [4.78, 5) is 22.4. The molecule has 0 aliphatic carbocycles. The van der Waals surface area contributed by atoms with E-state index in [2.05, 4.69) is 114 Å². The fourth-order valence-electron chi connectivity index (χ4n) is 6.31. The van der Waals surface area contributed by atoms with Gasteiger partial charge in [-0.25, -0.2) is 15.0 Å². The number of para-hydroxylation sites is 1. The highest BCUT2D eigenvalue weighted by atomic mass is 35.5. The minimum Gasteiger partial charge on any atom is -0.368 e. The molecule has 7 nitrogen and oxygen atoms in total. The number of hydrogen-bond acceptors (Lipinski definition) is 6. The zero-order valence-electron chi connectivity index (χ0n) is 26.6. The molecule has 0 spiro atoms. The lowest BCUT2D eigenvalue weighted by Crippen LogP contribution is -2.52. The molecule has 0 radical (unpaired) electrons. The van der Waals surface area contributed by atoms with E-state index in [0.717, 1.165) is 85.4 Å². The molecule has 1 saturated heterocycles. The van der Waals surface area contributed by atoms with Crippen LogP contribution in [0.1, 0.15) is 36.7 Å². The first-order chi connectivity index (χ1) is 20.9. The standard InChI is InChI=1S/C36H43N7.ClH/c1-26-15-14-20-32(28(26)3)42-24-23-41(27(2)25-42)22-13-12-21-40(5)35-33-36(38-29(4)37-35)43(31-18-10-7-11-19-31)34(39-33)30-16-8-6-9-17-30;/h6-11,14-20,27H,12-13,21-25H2,1-5H3;1H/t27-;/m1./s1. The molecule has 1 atom stereocenters. The fraction of sp³-hybridized carbons (Fsp3) is 0.361. The number of hydrogen-bond donors (Lipinski definition) is 0. The molecule has 6 rings (SSSR count). The largest absolute Gasteiger partial charge is 0.368 e. The molecule has 1 fully saturated rings. The van der Waals surface area contributed by atoms with Crippen LogP contribution in [-0.4, -0.2) is 70.2 Å². The van der Waals surface area contributed by atoms with Gasteiger partial charge >= 0.3 is 0 Å². The van der Waals surface area contributed by atoms with Gasteiger partial charge in [0.1, 0.15) is 11.6 Å². The molecular formula is C36H44ClN7. The van der Waals surface area contributed by atoms with Gasteiger partial charge in [-0.2, -0.15) is 0 Å². The highest BCUT2D eigenvalue weighted by Crippen LogP contribution is 2.32. The zero-order valence-corrected chi connectivity index (χ0v) is 27.4. The lowest BCUT2D eigenvalue weighted by molar-refractivity contribution is 0.186. The smallest absolute Gasteiger partial charge is 0.170 e. The third-order valence-corrected chi connectivity index (χ3v) is 8.88. The molecular weight excluding hydrogens is 566 g/mol. The topological polar surface area (TPSA) is 53.3 Å². The van der Waals surface area contributed by atoms with E-state index in [1.54, 1.807) is 0 Å². The first-order valence-corrected chi connectivity index (χ1v) is 15.5. The van der Waals surface area contributed by atoms with Gasteiger partial charge in [0.05, 0.1) is 0 Å². The van der Waals surface area contributed by atoms with Crippen molar-refractivity contribution in [1.29, 1.82) is 0 Å². The van der Waals surface area contributed by atoms with Crippen LogP contribution in [0.5, 0.6) is 0 Å². The van der Waals surface area contributed by atoms with Crippen molar-refractivity contribution >= 4 is 35.1 Å². The Balaban J connectivity index is 0.00000384. The van der Waals surface area contributed by atoms with Gasteiger partial charge in [0.2, 0.25) is 0 Å². The van der Waals surface area contributed by atoms with Crippen LogP contribution in [0, 0.1) is 20.8 Å². The summed E-state index contributed by atoms with van der Waals surface area (Å²) in [5.41, 5.74) is 7.96. The second-order valence-electron chi connectivity index (χ2n) is 11.9. The Kier molecular flexibility index (Phi) is 9.87. The summed E-state index contributed by atoms with van der Waals surface area (Å²) in [5, 5.41) is 0. The van der Waals surface area contributed by atoms with Gasteiger partial charge in [-0.1, -0.05) is 60.7 Å². The summed E-state index contributed by atoms with van der Waals surface area (Å²) in [6, 6.07) is 27.9. The average Bonchev–Trinajstić information content (AvgIpc) is 3.41. The number of nitrogens with zero attached hydrogens (tertiary/aromatic N) is 7. The van der Waals surface area contributed by atoms with Crippen LogP contribution in [0.25, 0.3) is 28.2 Å². The summed E-state index contributed by atoms with van der Waals surface area (Å²) >= 11 is 0. The van der Waals surface area contributed by atoms with E-state index in [4.69, 9.17) is 15.0 Å². The number of unbranched alkanes of at least 4 members (excludes halogenated alkanes) is 1. The number of piperazine rings is 1. The van der Waals surface area contributed by atoms with Gasteiger partial charge in [-0.15, -0.1) is 12.4 Å². The van der Waals surface area contributed by atoms with Gasteiger partial charge in [0, 0.05) is 56.2 Å². The Morgan fingerprint density at radius 3 is 2.27 bits per heavy atom. The number of aromatic nitrogens is 4. The predicted octanol–water partition coefficient (Wildman–Crippen LogP) is 7.26. The van der Waals surface area contributed by atoms with E-state index >= 15 is 0 Å². The molecule has 2 aromatic heterocycles. The number of benzene rings is 3. The molecule has 44 heavy (non-hydrogen) atoms. The third kappa shape index (κ3) is 6.44. The van der Waals surface area contributed by atoms with Crippen LogP contribution in [-0.2, 0) is 0 Å². The monoisotopic (exact) mass is 609 g/mol. The van der Waals surface area contributed by atoms with Crippen LogP contribution >= 0.6 is 12.4 Å². The quantitative estimate of drug-likeness (QED) is 0.164. The number of anilines is 2. The van der Waals surface area contributed by atoms with Crippen LogP contribution < -0.4 is 9.80 Å². The predicted molar refractivity (Wildman–Crippen MR) is 186 cm³/mol. The Morgan fingerprint density at radius 1 is 0.818 bits per heavy atom. The third-order valence-electron chi connectivity index (χ3n) is 8.88. The maximum atomic E-state index is 5.16. The summed E-state index contributed by atoms with van der Waals surface area (Å²) < 4.78 is 2.16. The van der Waals surface area contributed by atoms with Crippen molar-refractivity contribution in [3.63, 3.8) is 0 Å². The van der Waals surface area contributed by atoms with Gasteiger partial charge in [-0.05, 0) is 76.4 Å². The minimum atomic E-state index is 0. The van der Waals surface area contributed by atoms with Crippen molar-refractivity contribution < 1.29 is 0 Å². The Hall–Kier alpha value is -3.94. The maximum Gasteiger partial charge on any atom is 0.170 e. The molecule has 5 aromatic rings. The Labute approximate surface area is 268 Å². The summed E-state index contributed by atoms with van der Waals surface area (Å²) in [5.74, 6) is 2.52. The van der Waals surface area contributed by atoms with Crippen molar-refractivity contribution in [3.05, 3.63) is 95.8 Å². The Morgan fingerprint density at radius 2 is 1.55 bits per heavy atom. The number of fused-ring (bicyclic) bond motifs is 1. The normalized spacial score (nSPS) is 15.4. The number of halogens is 1. The first-order valence-electron chi connectivity index (χ1n) is 15.5. The maximum absolute atomic E-state index is 5.16. The van der Waals surface area contributed by atoms with E-state index in [0.29, 0.717) is 6.04 Å². The number of aryl methyl sites for hydroxylation is 2. The number of rotatable bonds is 9. The lowest BCUT2D eigenvalue weighted by Gasteiger charge is -2.41. The van der Waals surface area contributed by atoms with E-state index in [9.17, 15) is 0 Å². The second-order valence-corrected chi connectivity index (χ2v) is 11.9. The van der Waals surface area contributed by atoms with Crippen LogP contribution in [0.4, 0.5) is 11.5 Å². The van der Waals surface area contributed by atoms with Crippen molar-refractivity contribution in [3.8, 4) is 17.1 Å². The summed E-state index contributed by atoms with van der Waals surface area (Å²) in [6.45, 7) is 14.1. The molecule has 0 unspecified atom stereocenters. The van der Waals surface area contributed by atoms with Gasteiger partial charge in [0.25, 0.3) is 0 Å². The highest BCUT2D eigenvalue weighted by molar-refractivity contribution is 5.88. The zero-order chi connectivity index (χ0) is 29.9. The van der Waals surface area contributed by atoms with Crippen LogP contribution in [0.2, 0.25) is 0 Å². The van der Waals surface area contributed by atoms with E-state index in [1.165, 1.54) is 16.8 Å². The Bertz CT molecular complexity index is 1690. The van der Waals surface area contributed by atoms with E-state index < -0.39 is 0 Å². The fourth-order valence-corrected chi connectivity index (χ4v) is 6.31. The molecule has 0 amide bonds. The van der Waals surface area contributed by atoms with Gasteiger partial charge in [-0.3, -0.25) is 9.47 Å². The molecule has 1 aliphatic rings. The van der Waals surface area contributed by atoms with Crippen molar-refractivity contribution in [1.82, 2.24) is 24.4 Å². The highest BCUT2D eigenvalue weighted by Gasteiger charge is 2.25. The second kappa shape index (κ2) is 13.8. The molecule has 0 bridgehead atoms. The molecule has 230 valence electrons. The number of imidazole rings is 1. The van der Waals surface area contributed by atoms with E-state index in [1.807, 2.05) is 19.1 Å². The van der Waals surface area contributed by atoms with Crippen LogP contribution in [0.3, 0.4) is 0 Å². The molecule has 3 aromatic carbocycles.